The molecule has 34 heavy (non-hydrogen) atoms. The molecule has 1 amide bonds. The number of ether oxygens (including phenoxy) is 3. The molecule has 0 bridgehead atoms. The molecule has 2 N–H and O–H groups in total. The Balaban J connectivity index is 1.40. The molecule has 0 radical (unpaired) electrons. The zero-order valence-electron chi connectivity index (χ0n) is 18.9. The maximum absolute atomic E-state index is 12.2. The average molecular weight is 478 g/mol. The van der Waals surface area contributed by atoms with Gasteiger partial charge in [-0.3, -0.25) is 10.1 Å². The van der Waals surface area contributed by atoms with Crippen molar-refractivity contribution in [1.82, 2.24) is 10.3 Å². The van der Waals surface area contributed by atoms with Gasteiger partial charge in [-0.2, -0.15) is 0 Å². The number of anilines is 1. The quantitative estimate of drug-likeness (QED) is 0.370. The van der Waals surface area contributed by atoms with Crippen LogP contribution >= 0.6 is 12.2 Å². The predicted molar refractivity (Wildman–Crippen MR) is 134 cm³/mol. The number of aryl methyl sites for hydroxylation is 1. The van der Waals surface area contributed by atoms with E-state index < -0.39 is 0 Å². The van der Waals surface area contributed by atoms with Crippen LogP contribution in [0.4, 0.5) is 5.69 Å². The van der Waals surface area contributed by atoms with Crippen molar-refractivity contribution in [1.29, 1.82) is 0 Å². The van der Waals surface area contributed by atoms with E-state index in [4.69, 9.17) is 30.8 Å². The molecule has 0 aliphatic rings. The number of rotatable bonds is 7. The van der Waals surface area contributed by atoms with E-state index in [9.17, 15) is 4.79 Å². The van der Waals surface area contributed by atoms with Gasteiger partial charge in [0.15, 0.2) is 28.8 Å². The molecule has 1 heterocycles. The van der Waals surface area contributed by atoms with E-state index in [1.807, 2.05) is 37.3 Å². The Kier molecular flexibility index (Phi) is 6.93. The summed E-state index contributed by atoms with van der Waals surface area (Å²) in [6, 6.07) is 18.3. The van der Waals surface area contributed by atoms with Crippen LogP contribution in [0.3, 0.4) is 0 Å². The number of methoxy groups -OCH3 is 2. The fourth-order valence-corrected chi connectivity index (χ4v) is 3.52. The third kappa shape index (κ3) is 5.26. The molecule has 0 aliphatic carbocycles. The topological polar surface area (TPSA) is 94.9 Å². The minimum absolute atomic E-state index is 0.149. The van der Waals surface area contributed by atoms with Gasteiger partial charge in [0.1, 0.15) is 11.3 Å². The van der Waals surface area contributed by atoms with E-state index in [-0.39, 0.29) is 17.6 Å². The van der Waals surface area contributed by atoms with Gasteiger partial charge in [0.05, 0.1) is 14.2 Å². The van der Waals surface area contributed by atoms with Crippen molar-refractivity contribution in [2.75, 3.05) is 26.1 Å². The maximum Gasteiger partial charge on any atom is 0.264 e. The van der Waals surface area contributed by atoms with Crippen LogP contribution in [-0.4, -0.2) is 36.8 Å². The summed E-state index contributed by atoms with van der Waals surface area (Å²) in [5, 5.41) is 5.74. The number of carbonyl (C=O) groups excluding carboxylic acids is 1. The first kappa shape index (κ1) is 23.1. The van der Waals surface area contributed by atoms with Gasteiger partial charge in [-0.25, -0.2) is 4.98 Å². The van der Waals surface area contributed by atoms with Crippen LogP contribution in [0.15, 0.2) is 65.1 Å². The van der Waals surface area contributed by atoms with Crippen LogP contribution in [0.5, 0.6) is 17.2 Å². The van der Waals surface area contributed by atoms with E-state index in [0.29, 0.717) is 39.9 Å². The Labute approximate surface area is 201 Å². The van der Waals surface area contributed by atoms with Gasteiger partial charge in [-0.15, -0.1) is 0 Å². The number of amides is 1. The summed E-state index contributed by atoms with van der Waals surface area (Å²) in [4.78, 5) is 16.7. The number of hydrogen-bond acceptors (Lipinski definition) is 7. The highest BCUT2D eigenvalue weighted by molar-refractivity contribution is 7.80. The lowest BCUT2D eigenvalue weighted by atomic mass is 10.2. The summed E-state index contributed by atoms with van der Waals surface area (Å²) in [5.41, 5.74) is 3.60. The minimum atomic E-state index is -0.362. The smallest absolute Gasteiger partial charge is 0.264 e. The van der Waals surface area contributed by atoms with Gasteiger partial charge in [0.25, 0.3) is 5.91 Å². The van der Waals surface area contributed by atoms with E-state index in [2.05, 4.69) is 15.6 Å². The summed E-state index contributed by atoms with van der Waals surface area (Å²) < 4.78 is 22.1. The van der Waals surface area contributed by atoms with Crippen molar-refractivity contribution in [2.45, 2.75) is 6.92 Å². The van der Waals surface area contributed by atoms with Crippen molar-refractivity contribution in [3.8, 4) is 28.7 Å². The number of para-hydroxylation sites is 1. The molecule has 4 rings (SSSR count). The lowest BCUT2D eigenvalue weighted by molar-refractivity contribution is -0.121. The van der Waals surface area contributed by atoms with Crippen LogP contribution in [0.2, 0.25) is 0 Å². The first-order chi connectivity index (χ1) is 16.5. The van der Waals surface area contributed by atoms with Crippen molar-refractivity contribution < 1.29 is 23.4 Å². The highest BCUT2D eigenvalue weighted by Gasteiger charge is 2.13. The Morgan fingerprint density at radius 1 is 1.00 bits per heavy atom. The van der Waals surface area contributed by atoms with Crippen molar-refractivity contribution in [3.05, 3.63) is 66.2 Å². The number of carbonyl (C=O) groups is 1. The summed E-state index contributed by atoms with van der Waals surface area (Å²) >= 11 is 5.26. The number of fused-ring (bicyclic) bond motifs is 1. The number of nitrogens with zero attached hydrogens (tertiary/aromatic N) is 1. The standard InChI is InChI=1S/C25H23N3O5S/c1-15-6-4-5-7-19(15)32-14-23(29)28-25(34)26-17-9-11-20-18(13-17)27-24(33-20)16-8-10-21(30-2)22(12-16)31-3/h4-13H,14H2,1-3H3,(H2,26,28,29,34). The number of oxazole rings is 1. The Hall–Kier alpha value is -4.11. The molecule has 0 saturated heterocycles. The highest BCUT2D eigenvalue weighted by atomic mass is 32.1. The lowest BCUT2D eigenvalue weighted by Gasteiger charge is -2.11. The summed E-state index contributed by atoms with van der Waals surface area (Å²) in [6.45, 7) is 1.76. The van der Waals surface area contributed by atoms with E-state index in [0.717, 1.165) is 11.1 Å². The zero-order valence-corrected chi connectivity index (χ0v) is 19.7. The highest BCUT2D eigenvalue weighted by Crippen LogP contribution is 2.33. The number of aromatic nitrogens is 1. The monoisotopic (exact) mass is 477 g/mol. The lowest BCUT2D eigenvalue weighted by Crippen LogP contribution is -2.37. The van der Waals surface area contributed by atoms with E-state index >= 15 is 0 Å². The molecule has 0 saturated carbocycles. The maximum atomic E-state index is 12.2. The molecule has 174 valence electrons. The molecule has 0 atom stereocenters. The molecule has 1 aromatic heterocycles. The summed E-state index contributed by atoms with van der Waals surface area (Å²) in [6.07, 6.45) is 0. The van der Waals surface area contributed by atoms with Crippen LogP contribution in [-0.2, 0) is 4.79 Å². The van der Waals surface area contributed by atoms with E-state index in [1.54, 1.807) is 44.6 Å². The third-order valence-electron chi connectivity index (χ3n) is 4.98. The van der Waals surface area contributed by atoms with Crippen LogP contribution in [0.25, 0.3) is 22.6 Å². The van der Waals surface area contributed by atoms with Gasteiger partial charge >= 0.3 is 0 Å². The fraction of sp³-hybridized carbons (Fsp3) is 0.160. The van der Waals surface area contributed by atoms with Crippen molar-refractivity contribution in [3.63, 3.8) is 0 Å². The summed E-state index contributed by atoms with van der Waals surface area (Å²) in [7, 11) is 3.15. The average Bonchev–Trinajstić information content (AvgIpc) is 3.26. The zero-order chi connectivity index (χ0) is 24.1. The predicted octanol–water partition coefficient (Wildman–Crippen LogP) is 4.71. The Morgan fingerprint density at radius 2 is 1.79 bits per heavy atom. The SMILES string of the molecule is COc1ccc(-c2nc3cc(NC(=S)NC(=O)COc4ccccc4C)ccc3o2)cc1OC. The first-order valence-corrected chi connectivity index (χ1v) is 10.8. The fourth-order valence-electron chi connectivity index (χ4n) is 3.28. The third-order valence-corrected chi connectivity index (χ3v) is 5.19. The Morgan fingerprint density at radius 3 is 2.56 bits per heavy atom. The molecule has 0 spiro atoms. The number of benzene rings is 3. The van der Waals surface area contributed by atoms with Gasteiger partial charge in [-0.1, -0.05) is 18.2 Å². The van der Waals surface area contributed by atoms with Crippen molar-refractivity contribution in [2.24, 2.45) is 0 Å². The van der Waals surface area contributed by atoms with Gasteiger partial charge in [0, 0.05) is 11.3 Å². The second kappa shape index (κ2) is 10.2. The van der Waals surface area contributed by atoms with E-state index in [1.165, 1.54) is 0 Å². The number of hydrogen-bond donors (Lipinski definition) is 2. The minimum Gasteiger partial charge on any atom is -0.493 e. The molecule has 0 unspecified atom stereocenters. The first-order valence-electron chi connectivity index (χ1n) is 10.4. The normalized spacial score (nSPS) is 10.6. The van der Waals surface area contributed by atoms with Crippen LogP contribution < -0.4 is 24.8 Å². The molecule has 0 aliphatic heterocycles. The number of nitrogens with one attached hydrogen (secondary N) is 2. The Bertz CT molecular complexity index is 1350. The molecule has 4 aromatic rings. The molecule has 3 aromatic carbocycles. The molecular formula is C25H23N3O5S. The number of thiocarbonyl (C=S) groups is 1. The van der Waals surface area contributed by atoms with Crippen LogP contribution in [0.1, 0.15) is 5.56 Å². The van der Waals surface area contributed by atoms with Gasteiger partial charge in [-0.05, 0) is 67.2 Å². The largest absolute Gasteiger partial charge is 0.493 e. The molecule has 8 nitrogen and oxygen atoms in total. The van der Waals surface area contributed by atoms with Gasteiger partial charge < -0.3 is 23.9 Å². The second-order valence-electron chi connectivity index (χ2n) is 7.33. The summed E-state index contributed by atoms with van der Waals surface area (Å²) in [5.74, 6) is 1.93. The van der Waals surface area contributed by atoms with Gasteiger partial charge in [0.2, 0.25) is 5.89 Å². The molecule has 0 fully saturated rings. The van der Waals surface area contributed by atoms with Crippen LogP contribution in [0, 0.1) is 6.92 Å². The molecular weight excluding hydrogens is 454 g/mol. The van der Waals surface area contributed by atoms with Crippen molar-refractivity contribution >= 4 is 40.0 Å². The molecule has 9 heteroatoms. The second-order valence-corrected chi connectivity index (χ2v) is 7.74.